The van der Waals surface area contributed by atoms with Crippen molar-refractivity contribution in [2.75, 3.05) is 0 Å². The molecule has 0 radical (unpaired) electrons. The maximum atomic E-state index is 13.0. The van der Waals surface area contributed by atoms with Crippen molar-refractivity contribution in [1.82, 2.24) is 15.1 Å². The molecule has 1 aliphatic carbocycles. The van der Waals surface area contributed by atoms with Crippen LogP contribution in [0, 0.1) is 12.8 Å². The molecule has 3 rings (SSSR count). The highest BCUT2D eigenvalue weighted by atomic mass is 35.5. The van der Waals surface area contributed by atoms with Gasteiger partial charge in [-0.3, -0.25) is 4.79 Å². The van der Waals surface area contributed by atoms with Gasteiger partial charge in [-0.1, -0.05) is 49.6 Å². The Morgan fingerprint density at radius 2 is 1.93 bits per heavy atom. The third kappa shape index (κ3) is 4.83. The Bertz CT molecular complexity index is 973. The second-order valence-electron chi connectivity index (χ2n) is 7.93. The molecule has 0 unspecified atom stereocenters. The SMILES string of the molecule is Cc1nn(-c2ccccc2)c(Cl)c1CS(=O)(=O)[C@@H](C)C(=O)N[C@@H]1CCCC[C@@H]1C. The molecule has 1 saturated carbocycles. The molecule has 1 fully saturated rings. The number of aromatic nitrogens is 2. The maximum absolute atomic E-state index is 13.0. The van der Waals surface area contributed by atoms with Crippen LogP contribution in [-0.2, 0) is 20.4 Å². The number of rotatable bonds is 6. The molecule has 6 nitrogen and oxygen atoms in total. The number of nitrogens with one attached hydrogen (secondary N) is 1. The van der Waals surface area contributed by atoms with Crippen molar-refractivity contribution < 1.29 is 13.2 Å². The van der Waals surface area contributed by atoms with Crippen LogP contribution < -0.4 is 5.32 Å². The number of hydrogen-bond donors (Lipinski definition) is 1. The zero-order chi connectivity index (χ0) is 21.2. The lowest BCUT2D eigenvalue weighted by atomic mass is 9.86. The van der Waals surface area contributed by atoms with Crippen LogP contribution in [0.2, 0.25) is 5.15 Å². The number of aryl methyl sites for hydroxylation is 1. The Hall–Kier alpha value is -1.86. The highest BCUT2D eigenvalue weighted by molar-refractivity contribution is 7.92. The molecule has 158 valence electrons. The molecular formula is C21H28ClN3O3S. The van der Waals surface area contributed by atoms with Gasteiger partial charge in [0, 0.05) is 11.6 Å². The van der Waals surface area contributed by atoms with Gasteiger partial charge in [0.05, 0.1) is 17.1 Å². The van der Waals surface area contributed by atoms with Gasteiger partial charge < -0.3 is 5.32 Å². The first-order valence-corrected chi connectivity index (χ1v) is 12.1. The van der Waals surface area contributed by atoms with Crippen LogP contribution in [0.1, 0.15) is 50.8 Å². The van der Waals surface area contributed by atoms with Crippen molar-refractivity contribution in [3.05, 3.63) is 46.7 Å². The monoisotopic (exact) mass is 437 g/mol. The summed E-state index contributed by atoms with van der Waals surface area (Å²) in [6, 6.07) is 9.33. The van der Waals surface area contributed by atoms with Crippen molar-refractivity contribution in [3.63, 3.8) is 0 Å². The number of halogens is 1. The minimum atomic E-state index is -3.74. The highest BCUT2D eigenvalue weighted by Crippen LogP contribution is 2.27. The quantitative estimate of drug-likeness (QED) is 0.744. The summed E-state index contributed by atoms with van der Waals surface area (Å²) >= 11 is 6.46. The van der Waals surface area contributed by atoms with E-state index in [1.807, 2.05) is 30.3 Å². The van der Waals surface area contributed by atoms with E-state index >= 15 is 0 Å². The number of carbonyl (C=O) groups is 1. The highest BCUT2D eigenvalue weighted by Gasteiger charge is 2.33. The summed E-state index contributed by atoms with van der Waals surface area (Å²) in [5.41, 5.74) is 1.72. The summed E-state index contributed by atoms with van der Waals surface area (Å²) in [6.07, 6.45) is 4.17. The number of nitrogens with zero attached hydrogens (tertiary/aromatic N) is 2. The van der Waals surface area contributed by atoms with Crippen LogP contribution in [-0.4, -0.2) is 35.4 Å². The number of amides is 1. The maximum Gasteiger partial charge on any atom is 0.238 e. The molecule has 2 aromatic rings. The predicted molar refractivity (Wildman–Crippen MR) is 115 cm³/mol. The van der Waals surface area contributed by atoms with Gasteiger partial charge in [0.2, 0.25) is 5.91 Å². The molecule has 1 heterocycles. The molecule has 3 atom stereocenters. The van der Waals surface area contributed by atoms with Crippen molar-refractivity contribution >= 4 is 27.3 Å². The Morgan fingerprint density at radius 3 is 2.59 bits per heavy atom. The van der Waals surface area contributed by atoms with Gasteiger partial charge in [0.1, 0.15) is 10.4 Å². The van der Waals surface area contributed by atoms with E-state index in [-0.39, 0.29) is 16.9 Å². The smallest absolute Gasteiger partial charge is 0.238 e. The van der Waals surface area contributed by atoms with E-state index in [1.54, 1.807) is 6.92 Å². The Morgan fingerprint density at radius 1 is 1.28 bits per heavy atom. The van der Waals surface area contributed by atoms with Crippen LogP contribution in [0.5, 0.6) is 0 Å². The van der Waals surface area contributed by atoms with E-state index in [4.69, 9.17) is 11.6 Å². The number of hydrogen-bond acceptors (Lipinski definition) is 4. The molecule has 1 N–H and O–H groups in total. The molecule has 1 aliphatic rings. The number of sulfone groups is 1. The number of carbonyl (C=O) groups excluding carboxylic acids is 1. The lowest BCUT2D eigenvalue weighted by Gasteiger charge is -2.30. The lowest BCUT2D eigenvalue weighted by Crippen LogP contribution is -2.47. The summed E-state index contributed by atoms with van der Waals surface area (Å²) in [5.74, 6) is -0.393. The fraction of sp³-hybridized carbons (Fsp3) is 0.524. The normalized spacial score (nSPS) is 21.0. The Balaban J connectivity index is 1.76. The Kier molecular flexibility index (Phi) is 6.69. The third-order valence-electron chi connectivity index (χ3n) is 5.82. The fourth-order valence-corrected chi connectivity index (χ4v) is 5.57. The van der Waals surface area contributed by atoms with Gasteiger partial charge in [-0.25, -0.2) is 13.1 Å². The van der Waals surface area contributed by atoms with Crippen LogP contribution in [0.3, 0.4) is 0 Å². The first-order valence-electron chi connectivity index (χ1n) is 10.0. The van der Waals surface area contributed by atoms with Crippen molar-refractivity contribution in [2.24, 2.45) is 5.92 Å². The van der Waals surface area contributed by atoms with E-state index in [0.717, 1.165) is 31.4 Å². The minimum Gasteiger partial charge on any atom is -0.352 e. The largest absolute Gasteiger partial charge is 0.352 e. The van der Waals surface area contributed by atoms with Crippen LogP contribution in [0.25, 0.3) is 5.69 Å². The molecule has 29 heavy (non-hydrogen) atoms. The van der Waals surface area contributed by atoms with Crippen LogP contribution in [0.4, 0.5) is 0 Å². The first kappa shape index (κ1) is 21.8. The minimum absolute atomic E-state index is 0.0417. The topological polar surface area (TPSA) is 81.1 Å². The molecule has 0 saturated heterocycles. The summed E-state index contributed by atoms with van der Waals surface area (Å²) in [5, 5.41) is 6.45. The van der Waals surface area contributed by atoms with Crippen molar-refractivity contribution in [1.29, 1.82) is 0 Å². The van der Waals surface area contributed by atoms with Gasteiger partial charge >= 0.3 is 0 Å². The zero-order valence-electron chi connectivity index (χ0n) is 17.1. The molecule has 0 spiro atoms. The molecule has 8 heteroatoms. The summed E-state index contributed by atoms with van der Waals surface area (Å²) in [7, 11) is -3.74. The van der Waals surface area contributed by atoms with Crippen molar-refractivity contribution in [2.45, 2.75) is 63.5 Å². The molecule has 1 amide bonds. The van der Waals surface area contributed by atoms with E-state index < -0.39 is 21.0 Å². The van der Waals surface area contributed by atoms with E-state index in [0.29, 0.717) is 17.2 Å². The first-order chi connectivity index (χ1) is 13.7. The van der Waals surface area contributed by atoms with E-state index in [2.05, 4.69) is 17.3 Å². The van der Waals surface area contributed by atoms with Gasteiger partial charge in [-0.05, 0) is 44.7 Å². The van der Waals surface area contributed by atoms with Crippen molar-refractivity contribution in [3.8, 4) is 5.69 Å². The molecule has 0 aliphatic heterocycles. The summed E-state index contributed by atoms with van der Waals surface area (Å²) in [4.78, 5) is 12.6. The molecule has 0 bridgehead atoms. The fourth-order valence-electron chi connectivity index (χ4n) is 3.76. The average Bonchev–Trinajstić information content (AvgIpc) is 2.97. The average molecular weight is 438 g/mol. The van der Waals surface area contributed by atoms with Gasteiger partial charge in [0.15, 0.2) is 9.84 Å². The third-order valence-corrected chi connectivity index (χ3v) is 8.19. The second kappa shape index (κ2) is 8.88. The molecule has 1 aromatic carbocycles. The second-order valence-corrected chi connectivity index (χ2v) is 10.6. The number of para-hydroxylation sites is 1. The Labute approximate surface area is 177 Å². The van der Waals surface area contributed by atoms with E-state index in [9.17, 15) is 13.2 Å². The van der Waals surface area contributed by atoms with Gasteiger partial charge in [0.25, 0.3) is 0 Å². The molecule has 1 aromatic heterocycles. The molecular weight excluding hydrogens is 410 g/mol. The predicted octanol–water partition coefficient (Wildman–Crippen LogP) is 3.83. The van der Waals surface area contributed by atoms with Crippen LogP contribution in [0.15, 0.2) is 30.3 Å². The lowest BCUT2D eigenvalue weighted by molar-refractivity contribution is -0.121. The number of benzene rings is 1. The zero-order valence-corrected chi connectivity index (χ0v) is 18.6. The van der Waals surface area contributed by atoms with E-state index in [1.165, 1.54) is 11.6 Å². The summed E-state index contributed by atoms with van der Waals surface area (Å²) in [6.45, 7) is 5.28. The van der Waals surface area contributed by atoms with Gasteiger partial charge in [-0.15, -0.1) is 0 Å². The van der Waals surface area contributed by atoms with Crippen LogP contribution >= 0.6 is 11.6 Å². The van der Waals surface area contributed by atoms with Gasteiger partial charge in [-0.2, -0.15) is 5.10 Å². The standard InChI is InChI=1S/C21H28ClN3O3S/c1-14-9-7-8-12-19(14)23-21(26)16(3)29(27,28)13-18-15(2)24-25(20(18)22)17-10-5-4-6-11-17/h4-6,10-11,14,16,19H,7-9,12-13H2,1-3H3,(H,23,26)/t14-,16-,19+/m0/s1. The summed E-state index contributed by atoms with van der Waals surface area (Å²) < 4.78 is 27.4.